The van der Waals surface area contributed by atoms with Gasteiger partial charge < -0.3 is 4.74 Å². The van der Waals surface area contributed by atoms with Crippen LogP contribution in [0.15, 0.2) is 0 Å². The van der Waals surface area contributed by atoms with Crippen LogP contribution in [0.1, 0.15) is 6.92 Å². The molecule has 6 nitrogen and oxygen atoms in total. The average Bonchev–Trinajstić information content (AvgIpc) is 2.27. The van der Waals surface area contributed by atoms with Crippen LogP contribution in [0.5, 0.6) is 0 Å². The van der Waals surface area contributed by atoms with Gasteiger partial charge in [-0.3, -0.25) is 9.69 Å². The summed E-state index contributed by atoms with van der Waals surface area (Å²) in [5.41, 5.74) is 0. The number of carbonyl (C=O) groups excluding carboxylic acids is 1. The van der Waals surface area contributed by atoms with E-state index in [0.717, 1.165) is 0 Å². The molecule has 1 atom stereocenters. The number of piperazine rings is 1. The first-order valence-electron chi connectivity index (χ1n) is 5.60. The Labute approximate surface area is 103 Å². The number of sulfonamides is 1. The highest BCUT2D eigenvalue weighted by Gasteiger charge is 2.25. The first kappa shape index (κ1) is 14.4. The number of nitrogens with zero attached hydrogens (tertiary/aromatic N) is 2. The molecule has 1 rings (SSSR count). The molecule has 100 valence electrons. The van der Waals surface area contributed by atoms with Crippen molar-refractivity contribution in [2.24, 2.45) is 5.92 Å². The highest BCUT2D eigenvalue weighted by molar-refractivity contribution is 7.88. The Morgan fingerprint density at radius 3 is 2.24 bits per heavy atom. The van der Waals surface area contributed by atoms with Crippen LogP contribution in [0.25, 0.3) is 0 Å². The molecule has 1 aliphatic rings. The van der Waals surface area contributed by atoms with Crippen molar-refractivity contribution in [1.29, 1.82) is 0 Å². The second-order valence-electron chi connectivity index (χ2n) is 4.39. The molecule has 0 radical (unpaired) electrons. The molecule has 0 aromatic rings. The molecule has 0 amide bonds. The van der Waals surface area contributed by atoms with Crippen LogP contribution in [0, 0.1) is 5.92 Å². The molecule has 0 aliphatic carbocycles. The SMILES string of the molecule is COC(=O)C(C)CN1CCN(S(C)(=O)=O)CC1. The minimum absolute atomic E-state index is 0.176. The van der Waals surface area contributed by atoms with E-state index in [1.165, 1.54) is 17.7 Å². The minimum atomic E-state index is -3.08. The van der Waals surface area contributed by atoms with Gasteiger partial charge in [0.15, 0.2) is 0 Å². The van der Waals surface area contributed by atoms with Gasteiger partial charge in [-0.1, -0.05) is 6.92 Å². The molecule has 0 aromatic carbocycles. The van der Waals surface area contributed by atoms with Crippen LogP contribution in [-0.2, 0) is 19.6 Å². The molecule has 0 N–H and O–H groups in total. The number of hydrogen-bond acceptors (Lipinski definition) is 5. The van der Waals surface area contributed by atoms with Crippen molar-refractivity contribution in [3.05, 3.63) is 0 Å². The maximum Gasteiger partial charge on any atom is 0.309 e. The summed E-state index contributed by atoms with van der Waals surface area (Å²) in [4.78, 5) is 13.3. The van der Waals surface area contributed by atoms with Gasteiger partial charge in [0.05, 0.1) is 19.3 Å². The van der Waals surface area contributed by atoms with Crippen molar-refractivity contribution in [1.82, 2.24) is 9.21 Å². The van der Waals surface area contributed by atoms with Crippen molar-refractivity contribution < 1.29 is 17.9 Å². The predicted octanol–water partition coefficient (Wildman–Crippen LogP) is -0.627. The van der Waals surface area contributed by atoms with Gasteiger partial charge in [-0.05, 0) is 0 Å². The first-order valence-corrected chi connectivity index (χ1v) is 7.44. The largest absolute Gasteiger partial charge is 0.469 e. The number of carbonyl (C=O) groups is 1. The van der Waals surface area contributed by atoms with Gasteiger partial charge >= 0.3 is 5.97 Å². The number of methoxy groups -OCH3 is 1. The van der Waals surface area contributed by atoms with E-state index in [-0.39, 0.29) is 11.9 Å². The summed E-state index contributed by atoms with van der Waals surface area (Å²) in [5.74, 6) is -0.402. The van der Waals surface area contributed by atoms with Gasteiger partial charge in [-0.2, -0.15) is 4.31 Å². The summed E-state index contributed by atoms with van der Waals surface area (Å²) >= 11 is 0. The zero-order valence-electron chi connectivity index (χ0n) is 10.5. The van der Waals surface area contributed by atoms with E-state index in [1.807, 2.05) is 6.92 Å². The lowest BCUT2D eigenvalue weighted by Gasteiger charge is -2.34. The fourth-order valence-electron chi connectivity index (χ4n) is 1.91. The molecule has 0 aromatic heterocycles. The van der Waals surface area contributed by atoms with E-state index in [2.05, 4.69) is 9.64 Å². The summed E-state index contributed by atoms with van der Waals surface area (Å²) in [5, 5.41) is 0. The van der Waals surface area contributed by atoms with E-state index in [4.69, 9.17) is 0 Å². The Morgan fingerprint density at radius 2 is 1.82 bits per heavy atom. The molecule has 0 saturated carbocycles. The predicted molar refractivity (Wildman–Crippen MR) is 64.0 cm³/mol. The van der Waals surface area contributed by atoms with Crippen LogP contribution >= 0.6 is 0 Å². The topological polar surface area (TPSA) is 66.9 Å². The van der Waals surface area contributed by atoms with Gasteiger partial charge in [-0.15, -0.1) is 0 Å². The number of ether oxygens (including phenoxy) is 1. The molecule has 0 bridgehead atoms. The summed E-state index contributed by atoms with van der Waals surface area (Å²) < 4.78 is 28.7. The quantitative estimate of drug-likeness (QED) is 0.633. The van der Waals surface area contributed by atoms with Crippen LogP contribution in [-0.4, -0.2) is 69.7 Å². The van der Waals surface area contributed by atoms with Gasteiger partial charge in [0.1, 0.15) is 0 Å². The third kappa shape index (κ3) is 4.25. The molecule has 1 aliphatic heterocycles. The molecule has 1 heterocycles. The van der Waals surface area contributed by atoms with Crippen LogP contribution < -0.4 is 0 Å². The van der Waals surface area contributed by atoms with E-state index in [0.29, 0.717) is 32.7 Å². The second-order valence-corrected chi connectivity index (χ2v) is 6.37. The third-order valence-electron chi connectivity index (χ3n) is 2.94. The van der Waals surface area contributed by atoms with Gasteiger partial charge in [0, 0.05) is 32.7 Å². The minimum Gasteiger partial charge on any atom is -0.469 e. The van der Waals surface area contributed by atoms with Crippen molar-refractivity contribution in [2.45, 2.75) is 6.92 Å². The Morgan fingerprint density at radius 1 is 1.29 bits per heavy atom. The molecule has 7 heteroatoms. The van der Waals surface area contributed by atoms with E-state index < -0.39 is 10.0 Å². The molecular weight excluding hydrogens is 244 g/mol. The Balaban J connectivity index is 2.40. The zero-order chi connectivity index (χ0) is 13.1. The highest BCUT2D eigenvalue weighted by Crippen LogP contribution is 2.09. The van der Waals surface area contributed by atoms with Crippen LogP contribution in [0.3, 0.4) is 0 Å². The molecule has 1 fully saturated rings. The summed E-state index contributed by atoms with van der Waals surface area (Å²) in [6.45, 7) is 4.74. The van der Waals surface area contributed by atoms with Gasteiger partial charge in [-0.25, -0.2) is 8.42 Å². The van der Waals surface area contributed by atoms with Crippen LogP contribution in [0.2, 0.25) is 0 Å². The summed E-state index contributed by atoms with van der Waals surface area (Å²) in [6.07, 6.45) is 1.22. The third-order valence-corrected chi connectivity index (χ3v) is 4.24. The lowest BCUT2D eigenvalue weighted by molar-refractivity contribution is -0.145. The fraction of sp³-hybridized carbons (Fsp3) is 0.900. The molecule has 1 unspecified atom stereocenters. The lowest BCUT2D eigenvalue weighted by Crippen LogP contribution is -2.49. The Bertz CT molecular complexity index is 361. The van der Waals surface area contributed by atoms with Gasteiger partial charge in [0.25, 0.3) is 0 Å². The van der Waals surface area contributed by atoms with E-state index >= 15 is 0 Å². The summed E-state index contributed by atoms with van der Waals surface area (Å²) in [7, 11) is -1.71. The van der Waals surface area contributed by atoms with Crippen LogP contribution in [0.4, 0.5) is 0 Å². The Hall–Kier alpha value is -0.660. The monoisotopic (exact) mass is 264 g/mol. The molecule has 0 spiro atoms. The normalized spacial score (nSPS) is 21.1. The molecular formula is C10H20N2O4S. The standard InChI is InChI=1S/C10H20N2O4S/c1-9(10(13)16-2)8-11-4-6-12(7-5-11)17(3,14)15/h9H,4-8H2,1-3H3. The van der Waals surface area contributed by atoms with Crippen molar-refractivity contribution >= 4 is 16.0 Å². The second kappa shape index (κ2) is 5.79. The maximum absolute atomic E-state index is 11.3. The lowest BCUT2D eigenvalue weighted by atomic mass is 10.1. The highest BCUT2D eigenvalue weighted by atomic mass is 32.2. The molecule has 17 heavy (non-hydrogen) atoms. The van der Waals surface area contributed by atoms with Crippen molar-refractivity contribution in [2.75, 3.05) is 46.1 Å². The van der Waals surface area contributed by atoms with Gasteiger partial charge in [0.2, 0.25) is 10.0 Å². The van der Waals surface area contributed by atoms with E-state index in [1.54, 1.807) is 0 Å². The summed E-state index contributed by atoms with van der Waals surface area (Å²) in [6, 6.07) is 0. The average molecular weight is 264 g/mol. The Kier molecular flexibility index (Phi) is 4.91. The maximum atomic E-state index is 11.3. The number of esters is 1. The van der Waals surface area contributed by atoms with E-state index in [9.17, 15) is 13.2 Å². The number of rotatable bonds is 4. The smallest absolute Gasteiger partial charge is 0.309 e. The van der Waals surface area contributed by atoms with Crippen molar-refractivity contribution in [3.63, 3.8) is 0 Å². The zero-order valence-corrected chi connectivity index (χ0v) is 11.4. The fourth-order valence-corrected chi connectivity index (χ4v) is 2.73. The number of hydrogen-bond donors (Lipinski definition) is 0. The first-order chi connectivity index (χ1) is 7.84. The van der Waals surface area contributed by atoms with Crippen molar-refractivity contribution in [3.8, 4) is 0 Å². The molecule has 1 saturated heterocycles.